The summed E-state index contributed by atoms with van der Waals surface area (Å²) >= 11 is 0. The fourth-order valence-electron chi connectivity index (χ4n) is 4.12. The summed E-state index contributed by atoms with van der Waals surface area (Å²) in [5.41, 5.74) is 6.60. The largest absolute Gasteiger partial charge is 0.496 e. The maximum atomic E-state index is 9.14. The minimum Gasteiger partial charge on any atom is -0.496 e. The molecule has 0 radical (unpaired) electrons. The SMILES string of the molecule is COc1cc2ncc3c(c(-c4ccc(C#N)cc4)nn3C)c2cc1CCc1cccnc1. The van der Waals surface area contributed by atoms with Gasteiger partial charge in [-0.3, -0.25) is 14.6 Å². The van der Waals surface area contributed by atoms with E-state index in [-0.39, 0.29) is 0 Å². The number of benzene rings is 2. The molecule has 6 nitrogen and oxygen atoms in total. The zero-order chi connectivity index (χ0) is 22.1. The number of fused-ring (bicyclic) bond motifs is 3. The zero-order valence-corrected chi connectivity index (χ0v) is 17.9. The van der Waals surface area contributed by atoms with Gasteiger partial charge in [0.05, 0.1) is 36.0 Å². The first-order valence-electron chi connectivity index (χ1n) is 10.4. The number of ether oxygens (including phenoxy) is 1. The van der Waals surface area contributed by atoms with Crippen LogP contribution in [0.4, 0.5) is 0 Å². The van der Waals surface area contributed by atoms with Gasteiger partial charge in [-0.1, -0.05) is 18.2 Å². The van der Waals surface area contributed by atoms with Gasteiger partial charge in [-0.2, -0.15) is 10.4 Å². The van der Waals surface area contributed by atoms with E-state index in [9.17, 15) is 0 Å². The van der Waals surface area contributed by atoms with Crippen molar-refractivity contribution in [3.8, 4) is 23.1 Å². The van der Waals surface area contributed by atoms with E-state index in [1.54, 1.807) is 13.3 Å². The van der Waals surface area contributed by atoms with Crippen molar-refractivity contribution < 1.29 is 4.74 Å². The van der Waals surface area contributed by atoms with Crippen LogP contribution in [0.2, 0.25) is 0 Å². The lowest BCUT2D eigenvalue weighted by Gasteiger charge is -2.11. The number of hydrogen-bond acceptors (Lipinski definition) is 5. The second-order valence-electron chi connectivity index (χ2n) is 7.72. The predicted molar refractivity (Wildman–Crippen MR) is 124 cm³/mol. The molecule has 32 heavy (non-hydrogen) atoms. The Labute approximate surface area is 185 Å². The fraction of sp³-hybridized carbons (Fsp3) is 0.154. The Hall–Kier alpha value is -4.24. The molecule has 3 aromatic heterocycles. The van der Waals surface area contributed by atoms with Gasteiger partial charge in [0.2, 0.25) is 0 Å². The molecule has 0 atom stereocenters. The highest BCUT2D eigenvalue weighted by molar-refractivity contribution is 6.11. The van der Waals surface area contributed by atoms with E-state index < -0.39 is 0 Å². The van der Waals surface area contributed by atoms with Crippen molar-refractivity contribution in [2.24, 2.45) is 7.05 Å². The first kappa shape index (κ1) is 19.7. The second kappa shape index (κ2) is 8.12. The maximum absolute atomic E-state index is 9.14. The Balaban J connectivity index is 1.68. The van der Waals surface area contributed by atoms with E-state index >= 15 is 0 Å². The van der Waals surface area contributed by atoms with Crippen LogP contribution in [-0.2, 0) is 19.9 Å². The summed E-state index contributed by atoms with van der Waals surface area (Å²) < 4.78 is 7.55. The molecule has 0 amide bonds. The lowest BCUT2D eigenvalue weighted by atomic mass is 9.99. The molecule has 5 rings (SSSR count). The first-order chi connectivity index (χ1) is 15.7. The van der Waals surface area contributed by atoms with Crippen molar-refractivity contribution in [1.29, 1.82) is 5.26 Å². The highest BCUT2D eigenvalue weighted by Gasteiger charge is 2.17. The molecule has 2 aromatic carbocycles. The van der Waals surface area contributed by atoms with Crippen LogP contribution in [0.1, 0.15) is 16.7 Å². The van der Waals surface area contributed by atoms with Crippen LogP contribution in [0.3, 0.4) is 0 Å². The minimum atomic E-state index is 0.628. The van der Waals surface area contributed by atoms with Crippen LogP contribution < -0.4 is 4.74 Å². The number of nitriles is 1. The van der Waals surface area contributed by atoms with Crippen molar-refractivity contribution in [2.75, 3.05) is 7.11 Å². The van der Waals surface area contributed by atoms with Gasteiger partial charge in [-0.15, -0.1) is 0 Å². The summed E-state index contributed by atoms with van der Waals surface area (Å²) in [7, 11) is 3.62. The van der Waals surface area contributed by atoms with Crippen LogP contribution in [0.5, 0.6) is 5.75 Å². The minimum absolute atomic E-state index is 0.628. The van der Waals surface area contributed by atoms with Gasteiger partial charge in [-0.05, 0) is 48.2 Å². The topological polar surface area (TPSA) is 76.6 Å². The standard InChI is InChI=1S/C26H21N5O/c1-31-23-16-29-22-13-24(32-2)20(10-7-18-4-3-11-28-15-18)12-21(22)25(23)26(30-31)19-8-5-17(14-27)6-9-19/h3-6,8-9,11-13,15-16H,7,10H2,1-2H3. The van der Waals surface area contributed by atoms with E-state index in [4.69, 9.17) is 15.1 Å². The van der Waals surface area contributed by atoms with E-state index in [0.717, 1.165) is 57.2 Å². The smallest absolute Gasteiger partial charge is 0.124 e. The Morgan fingerprint density at radius 2 is 1.91 bits per heavy atom. The van der Waals surface area contributed by atoms with Crippen LogP contribution in [0.15, 0.2) is 67.1 Å². The summed E-state index contributed by atoms with van der Waals surface area (Å²) in [5.74, 6) is 0.831. The van der Waals surface area contributed by atoms with Crippen molar-refractivity contribution in [2.45, 2.75) is 12.8 Å². The number of aryl methyl sites for hydroxylation is 3. The van der Waals surface area contributed by atoms with Gasteiger partial charge < -0.3 is 4.74 Å². The molecule has 0 unspecified atom stereocenters. The summed E-state index contributed by atoms with van der Waals surface area (Å²) in [6.07, 6.45) is 7.24. The van der Waals surface area contributed by atoms with Gasteiger partial charge >= 0.3 is 0 Å². The lowest BCUT2D eigenvalue weighted by Crippen LogP contribution is -1.97. The lowest BCUT2D eigenvalue weighted by molar-refractivity contribution is 0.410. The average Bonchev–Trinajstić information content (AvgIpc) is 3.19. The molecule has 0 aliphatic rings. The second-order valence-corrected chi connectivity index (χ2v) is 7.72. The molecule has 0 saturated carbocycles. The van der Waals surface area contributed by atoms with E-state index in [1.807, 2.05) is 60.5 Å². The highest BCUT2D eigenvalue weighted by atomic mass is 16.5. The molecular formula is C26H21N5O. The monoisotopic (exact) mass is 419 g/mol. The third kappa shape index (κ3) is 3.44. The Kier molecular flexibility index (Phi) is 5.00. The Bertz CT molecular complexity index is 1460. The van der Waals surface area contributed by atoms with E-state index in [0.29, 0.717) is 5.56 Å². The summed E-state index contributed by atoms with van der Waals surface area (Å²) in [5, 5.41) is 16.0. The molecule has 0 aliphatic carbocycles. The summed E-state index contributed by atoms with van der Waals surface area (Å²) in [6, 6.07) is 17.9. The van der Waals surface area contributed by atoms with E-state index in [2.05, 4.69) is 28.2 Å². The van der Waals surface area contributed by atoms with Crippen LogP contribution in [0.25, 0.3) is 33.1 Å². The molecule has 5 aromatic rings. The molecule has 0 spiro atoms. The van der Waals surface area contributed by atoms with Crippen LogP contribution in [0, 0.1) is 11.3 Å². The molecule has 0 saturated heterocycles. The van der Waals surface area contributed by atoms with Crippen molar-refractivity contribution >= 4 is 21.8 Å². The Morgan fingerprint density at radius 1 is 1.06 bits per heavy atom. The number of nitrogens with zero attached hydrogens (tertiary/aromatic N) is 5. The normalized spacial score (nSPS) is 11.0. The summed E-state index contributed by atoms with van der Waals surface area (Å²) in [6.45, 7) is 0. The van der Waals surface area contributed by atoms with Gasteiger partial charge in [0.25, 0.3) is 0 Å². The van der Waals surface area contributed by atoms with Crippen molar-refractivity contribution in [1.82, 2.24) is 19.7 Å². The predicted octanol–water partition coefficient (Wildman–Crippen LogP) is 4.85. The number of aromatic nitrogens is 4. The Morgan fingerprint density at radius 3 is 2.62 bits per heavy atom. The molecule has 0 N–H and O–H groups in total. The van der Waals surface area contributed by atoms with Crippen LogP contribution in [-0.4, -0.2) is 26.9 Å². The number of pyridine rings is 2. The van der Waals surface area contributed by atoms with Crippen molar-refractivity contribution in [3.05, 3.63) is 83.8 Å². The number of methoxy groups -OCH3 is 1. The molecule has 6 heteroatoms. The molecule has 0 bridgehead atoms. The number of rotatable bonds is 5. The zero-order valence-electron chi connectivity index (χ0n) is 17.9. The van der Waals surface area contributed by atoms with Gasteiger partial charge in [0.1, 0.15) is 11.4 Å². The van der Waals surface area contributed by atoms with Crippen molar-refractivity contribution in [3.63, 3.8) is 0 Å². The first-order valence-corrected chi connectivity index (χ1v) is 10.4. The summed E-state index contributed by atoms with van der Waals surface area (Å²) in [4.78, 5) is 8.90. The fourth-order valence-corrected chi connectivity index (χ4v) is 4.12. The van der Waals surface area contributed by atoms with Gasteiger partial charge in [0.15, 0.2) is 0 Å². The van der Waals surface area contributed by atoms with Crippen LogP contribution >= 0.6 is 0 Å². The average molecular weight is 419 g/mol. The molecule has 0 aliphatic heterocycles. The number of hydrogen-bond donors (Lipinski definition) is 0. The quantitative estimate of drug-likeness (QED) is 0.407. The van der Waals surface area contributed by atoms with Gasteiger partial charge in [0, 0.05) is 41.8 Å². The molecular weight excluding hydrogens is 398 g/mol. The third-order valence-corrected chi connectivity index (χ3v) is 5.78. The molecule has 156 valence electrons. The van der Waals surface area contributed by atoms with Gasteiger partial charge in [-0.25, -0.2) is 0 Å². The molecule has 0 fully saturated rings. The third-order valence-electron chi connectivity index (χ3n) is 5.78. The maximum Gasteiger partial charge on any atom is 0.124 e. The van der Waals surface area contributed by atoms with E-state index in [1.165, 1.54) is 5.56 Å². The molecule has 3 heterocycles. The highest BCUT2D eigenvalue weighted by Crippen LogP contribution is 2.36.